The molecule has 0 aliphatic carbocycles. The van der Waals surface area contributed by atoms with E-state index >= 15 is 0 Å². The smallest absolute Gasteiger partial charge is 0.139 e. The van der Waals surface area contributed by atoms with Crippen LogP contribution in [0.4, 0.5) is 0 Å². The van der Waals surface area contributed by atoms with Crippen LogP contribution in [-0.2, 0) is 6.54 Å². The maximum absolute atomic E-state index is 3.94. The molecular formula is C13H27BN2. The van der Waals surface area contributed by atoms with Gasteiger partial charge in [-0.1, -0.05) is 53.1 Å². The van der Waals surface area contributed by atoms with E-state index < -0.39 is 0 Å². The zero-order valence-electron chi connectivity index (χ0n) is 11.4. The van der Waals surface area contributed by atoms with Crippen molar-refractivity contribution >= 4 is 6.71 Å². The van der Waals surface area contributed by atoms with E-state index in [1.54, 1.807) is 0 Å². The molecule has 0 atom stereocenters. The molecule has 0 saturated heterocycles. The van der Waals surface area contributed by atoms with Crippen molar-refractivity contribution in [2.75, 3.05) is 0 Å². The summed E-state index contributed by atoms with van der Waals surface area (Å²) in [4.78, 5) is 3.94. The van der Waals surface area contributed by atoms with Gasteiger partial charge in [0, 0.05) is 18.9 Å². The molecule has 1 aromatic rings. The van der Waals surface area contributed by atoms with Crippen molar-refractivity contribution in [3.8, 4) is 0 Å². The van der Waals surface area contributed by atoms with Crippen LogP contribution in [0.25, 0.3) is 0 Å². The third-order valence-electron chi connectivity index (χ3n) is 3.06. The minimum atomic E-state index is 0.986. The maximum atomic E-state index is 3.94. The predicted octanol–water partition coefficient (Wildman–Crippen LogP) is 4.22. The highest BCUT2D eigenvalue weighted by molar-refractivity contribution is 6.58. The number of imidazole rings is 1. The Bertz CT molecular complexity index is 212. The van der Waals surface area contributed by atoms with Crippen LogP contribution >= 0.6 is 0 Å². The largest absolute Gasteiger partial charge is 0.337 e. The van der Waals surface area contributed by atoms with Gasteiger partial charge in [-0.2, -0.15) is 0 Å². The molecule has 0 fully saturated rings. The predicted molar refractivity (Wildman–Crippen MR) is 74.3 cm³/mol. The molecule has 1 heterocycles. The summed E-state index contributed by atoms with van der Waals surface area (Å²) in [5.41, 5.74) is 0. The lowest BCUT2D eigenvalue weighted by Crippen LogP contribution is -2.04. The van der Waals surface area contributed by atoms with Gasteiger partial charge in [-0.3, -0.25) is 0 Å². The lowest BCUT2D eigenvalue weighted by Gasteiger charge is -2.00. The van der Waals surface area contributed by atoms with Gasteiger partial charge in [0.15, 0.2) is 0 Å². The third-order valence-corrected chi connectivity index (χ3v) is 3.06. The summed E-state index contributed by atoms with van der Waals surface area (Å²) < 4.78 is 2.10. The van der Waals surface area contributed by atoms with Crippen LogP contribution < -0.4 is 0 Å². The van der Waals surface area contributed by atoms with Gasteiger partial charge < -0.3 is 4.57 Å². The SMILES string of the molecule is CCB(CC)CC.CCCCn1ccnc1. The molecule has 0 aliphatic rings. The zero-order chi connectivity index (χ0) is 12.2. The Morgan fingerprint density at radius 1 is 1.06 bits per heavy atom. The highest BCUT2D eigenvalue weighted by atomic mass is 15.0. The van der Waals surface area contributed by atoms with Gasteiger partial charge in [0.25, 0.3) is 0 Å². The first-order chi connectivity index (χ1) is 7.78. The molecule has 0 N–H and O–H groups in total. The summed E-state index contributed by atoms with van der Waals surface area (Å²) >= 11 is 0. The average Bonchev–Trinajstić information content (AvgIpc) is 2.82. The van der Waals surface area contributed by atoms with Crippen molar-refractivity contribution in [2.24, 2.45) is 0 Å². The Morgan fingerprint density at radius 3 is 2.00 bits per heavy atom. The first kappa shape index (κ1) is 15.3. The molecule has 0 spiro atoms. The second-order valence-corrected chi connectivity index (χ2v) is 4.24. The standard InChI is InChI=1S/C7H12N2.C6H15B/c1-2-3-5-9-6-4-8-7-9;1-4-7(5-2)6-3/h4,6-7H,2-3,5H2,1H3;4-6H2,1-3H3. The van der Waals surface area contributed by atoms with E-state index in [2.05, 4.69) is 37.2 Å². The maximum Gasteiger partial charge on any atom is 0.139 e. The molecule has 0 amide bonds. The summed E-state index contributed by atoms with van der Waals surface area (Å²) in [6, 6.07) is 0. The van der Waals surface area contributed by atoms with Gasteiger partial charge >= 0.3 is 0 Å². The van der Waals surface area contributed by atoms with Crippen molar-refractivity contribution in [1.82, 2.24) is 9.55 Å². The van der Waals surface area contributed by atoms with Crippen molar-refractivity contribution in [2.45, 2.75) is 66.0 Å². The molecule has 0 bridgehead atoms. The van der Waals surface area contributed by atoms with Gasteiger partial charge in [-0.15, -0.1) is 0 Å². The number of unbranched alkanes of at least 4 members (excludes halogenated alkanes) is 1. The van der Waals surface area contributed by atoms with Gasteiger partial charge in [0.1, 0.15) is 6.71 Å². The van der Waals surface area contributed by atoms with E-state index in [9.17, 15) is 0 Å². The second-order valence-electron chi connectivity index (χ2n) is 4.24. The fourth-order valence-corrected chi connectivity index (χ4v) is 1.63. The van der Waals surface area contributed by atoms with Crippen molar-refractivity contribution < 1.29 is 0 Å². The molecule has 0 aliphatic heterocycles. The fraction of sp³-hybridized carbons (Fsp3) is 0.769. The highest BCUT2D eigenvalue weighted by Crippen LogP contribution is 2.01. The number of aryl methyl sites for hydroxylation is 1. The monoisotopic (exact) mass is 222 g/mol. The lowest BCUT2D eigenvalue weighted by molar-refractivity contribution is 0.631. The molecule has 0 radical (unpaired) electrons. The van der Waals surface area contributed by atoms with Crippen molar-refractivity contribution in [3.63, 3.8) is 0 Å². The Hall–Kier alpha value is -0.725. The molecule has 0 unspecified atom stereocenters. The zero-order valence-corrected chi connectivity index (χ0v) is 11.4. The Kier molecular flexibility index (Phi) is 10.3. The number of hydrogen-bond acceptors (Lipinski definition) is 1. The highest BCUT2D eigenvalue weighted by Gasteiger charge is 2.01. The molecule has 3 heteroatoms. The molecule has 1 aromatic heterocycles. The van der Waals surface area contributed by atoms with Crippen LogP contribution in [0.1, 0.15) is 40.5 Å². The van der Waals surface area contributed by atoms with Gasteiger partial charge in [0.2, 0.25) is 0 Å². The summed E-state index contributed by atoms with van der Waals surface area (Å²) in [6.07, 6.45) is 12.2. The molecule has 2 nitrogen and oxygen atoms in total. The minimum Gasteiger partial charge on any atom is -0.337 e. The quantitative estimate of drug-likeness (QED) is 0.659. The van der Waals surface area contributed by atoms with Crippen LogP contribution in [-0.4, -0.2) is 16.3 Å². The molecule has 0 saturated carbocycles. The Labute approximate surface area is 102 Å². The van der Waals surface area contributed by atoms with E-state index in [1.165, 1.54) is 31.8 Å². The van der Waals surface area contributed by atoms with Gasteiger partial charge in [-0.25, -0.2) is 4.98 Å². The molecule has 92 valence electrons. The van der Waals surface area contributed by atoms with Crippen LogP contribution in [0, 0.1) is 0 Å². The molecule has 1 rings (SSSR count). The normalized spacial score (nSPS) is 9.50. The first-order valence-electron chi connectivity index (χ1n) is 6.74. The van der Waals surface area contributed by atoms with E-state index in [0.29, 0.717) is 0 Å². The van der Waals surface area contributed by atoms with Crippen molar-refractivity contribution in [3.05, 3.63) is 18.7 Å². The van der Waals surface area contributed by atoms with Gasteiger partial charge in [-0.05, 0) is 6.42 Å². The number of rotatable bonds is 6. The topological polar surface area (TPSA) is 17.8 Å². The lowest BCUT2D eigenvalue weighted by atomic mass is 9.44. The molecular weight excluding hydrogens is 195 g/mol. The number of nitrogens with zero attached hydrogens (tertiary/aromatic N) is 2. The van der Waals surface area contributed by atoms with Crippen LogP contribution in [0.2, 0.25) is 19.0 Å². The second kappa shape index (κ2) is 10.8. The molecule has 0 aromatic carbocycles. The van der Waals surface area contributed by atoms with Gasteiger partial charge in [0.05, 0.1) is 6.33 Å². The first-order valence-corrected chi connectivity index (χ1v) is 6.74. The van der Waals surface area contributed by atoms with E-state index in [1.807, 2.05) is 18.7 Å². The Balaban J connectivity index is 0.000000293. The average molecular weight is 222 g/mol. The Morgan fingerprint density at radius 2 is 1.69 bits per heavy atom. The molecule has 16 heavy (non-hydrogen) atoms. The van der Waals surface area contributed by atoms with Crippen molar-refractivity contribution in [1.29, 1.82) is 0 Å². The summed E-state index contributed by atoms with van der Waals surface area (Å²) in [6.45, 7) is 11.1. The minimum absolute atomic E-state index is 0.986. The van der Waals surface area contributed by atoms with E-state index in [-0.39, 0.29) is 0 Å². The summed E-state index contributed by atoms with van der Waals surface area (Å²) in [5.74, 6) is 0. The summed E-state index contributed by atoms with van der Waals surface area (Å²) in [5, 5.41) is 0. The van der Waals surface area contributed by atoms with Crippen LogP contribution in [0.15, 0.2) is 18.7 Å². The van der Waals surface area contributed by atoms with E-state index in [4.69, 9.17) is 0 Å². The van der Waals surface area contributed by atoms with Crippen LogP contribution in [0.5, 0.6) is 0 Å². The summed E-state index contributed by atoms with van der Waals surface area (Å²) in [7, 11) is 0. The fourth-order valence-electron chi connectivity index (χ4n) is 1.63. The van der Waals surface area contributed by atoms with E-state index in [0.717, 1.165) is 13.3 Å². The third kappa shape index (κ3) is 7.55. The number of hydrogen-bond donors (Lipinski definition) is 0. The number of aromatic nitrogens is 2. The van der Waals surface area contributed by atoms with Crippen LogP contribution in [0.3, 0.4) is 0 Å².